The van der Waals surface area contributed by atoms with Crippen LogP contribution in [0.5, 0.6) is 0 Å². The summed E-state index contributed by atoms with van der Waals surface area (Å²) in [5.41, 5.74) is 1.17. The van der Waals surface area contributed by atoms with Gasteiger partial charge in [0, 0.05) is 12.0 Å². The summed E-state index contributed by atoms with van der Waals surface area (Å²) in [6, 6.07) is 5.94. The Balaban J connectivity index is 2.52. The minimum Gasteiger partial charge on any atom is -0.462 e. The van der Waals surface area contributed by atoms with Gasteiger partial charge in [0.2, 0.25) is 0 Å². The molecule has 0 heterocycles. The summed E-state index contributed by atoms with van der Waals surface area (Å²) in [6.45, 7) is 5.23. The van der Waals surface area contributed by atoms with Crippen molar-refractivity contribution in [2.75, 3.05) is 6.61 Å². The molecule has 0 aliphatic rings. The summed E-state index contributed by atoms with van der Waals surface area (Å²) in [5.74, 6) is -0.443. The lowest BCUT2D eigenvalue weighted by Gasteiger charge is -2.06. The number of esters is 1. The molecule has 0 bridgehead atoms. The van der Waals surface area contributed by atoms with Crippen LogP contribution in [0.3, 0.4) is 0 Å². The molecular weight excluding hydrogens is 255 g/mol. The van der Waals surface area contributed by atoms with Crippen molar-refractivity contribution in [1.29, 1.82) is 0 Å². The highest BCUT2D eigenvalue weighted by Gasteiger charge is 2.15. The first-order chi connectivity index (χ1) is 8.30. The van der Waals surface area contributed by atoms with Crippen LogP contribution in [0.4, 0.5) is 0 Å². The van der Waals surface area contributed by atoms with Gasteiger partial charge < -0.3 is 14.5 Å². The number of hydrogen-bond donors (Lipinski definition) is 2. The molecular formula is C12H15O5P. The molecule has 0 amide bonds. The van der Waals surface area contributed by atoms with Gasteiger partial charge in [-0.25, -0.2) is 4.79 Å². The summed E-state index contributed by atoms with van der Waals surface area (Å²) in [5, 5.41) is -0.0230. The quantitative estimate of drug-likeness (QED) is 0.476. The molecule has 6 heteroatoms. The van der Waals surface area contributed by atoms with Crippen molar-refractivity contribution in [1.82, 2.24) is 0 Å². The highest BCUT2D eigenvalue weighted by Crippen LogP contribution is 2.32. The third-order valence-corrected chi connectivity index (χ3v) is 3.22. The Morgan fingerprint density at radius 2 is 1.89 bits per heavy atom. The first kappa shape index (κ1) is 14.6. The van der Waals surface area contributed by atoms with E-state index in [1.165, 1.54) is 12.1 Å². The number of carbonyl (C=O) groups excluding carboxylic acids is 1. The molecule has 0 aliphatic heterocycles. The largest absolute Gasteiger partial charge is 0.462 e. The number of hydrogen-bond acceptors (Lipinski definition) is 3. The molecule has 0 radical (unpaired) electrons. The van der Waals surface area contributed by atoms with Crippen LogP contribution in [0.25, 0.3) is 0 Å². The number of rotatable bonds is 5. The van der Waals surface area contributed by atoms with E-state index < -0.39 is 13.6 Å². The molecule has 0 saturated heterocycles. The van der Waals surface area contributed by atoms with Crippen LogP contribution in [-0.4, -0.2) is 22.4 Å². The van der Waals surface area contributed by atoms with E-state index in [4.69, 9.17) is 14.5 Å². The second-order valence-electron chi connectivity index (χ2n) is 3.88. The summed E-state index contributed by atoms with van der Waals surface area (Å²) in [7, 11) is -4.19. The van der Waals surface area contributed by atoms with Gasteiger partial charge in [0.05, 0.1) is 11.9 Å². The van der Waals surface area contributed by atoms with Gasteiger partial charge >= 0.3 is 13.6 Å². The minimum absolute atomic E-state index is 0.0230. The fourth-order valence-electron chi connectivity index (χ4n) is 1.24. The molecule has 2 N–H and O–H groups in total. The Kier molecular flexibility index (Phi) is 4.84. The highest BCUT2D eigenvalue weighted by molar-refractivity contribution is 7.60. The molecule has 0 saturated carbocycles. The predicted molar refractivity (Wildman–Crippen MR) is 67.6 cm³/mol. The first-order valence-electron chi connectivity index (χ1n) is 5.28. The maximum Gasteiger partial charge on any atom is 0.356 e. The van der Waals surface area contributed by atoms with Gasteiger partial charge in [-0.1, -0.05) is 18.7 Å². The zero-order valence-corrected chi connectivity index (χ0v) is 10.9. The maximum absolute atomic E-state index is 11.1. The third-order valence-electron chi connectivity index (χ3n) is 2.25. The lowest BCUT2D eigenvalue weighted by Crippen LogP contribution is -2.09. The highest BCUT2D eigenvalue weighted by atomic mass is 31.2. The summed E-state index contributed by atoms with van der Waals surface area (Å²) in [6.07, 6.45) is 0.487. The number of benzene rings is 1. The molecule has 18 heavy (non-hydrogen) atoms. The van der Waals surface area contributed by atoms with E-state index in [0.717, 1.165) is 5.56 Å². The van der Waals surface area contributed by atoms with Crippen LogP contribution < -0.4 is 5.30 Å². The molecule has 0 aromatic heterocycles. The summed E-state index contributed by atoms with van der Waals surface area (Å²) in [4.78, 5) is 28.9. The second kappa shape index (κ2) is 5.96. The van der Waals surface area contributed by atoms with Crippen LogP contribution in [-0.2, 0) is 20.5 Å². The van der Waals surface area contributed by atoms with Crippen LogP contribution in [0.15, 0.2) is 36.4 Å². The second-order valence-corrected chi connectivity index (χ2v) is 5.48. The Labute approximate surface area is 105 Å². The zero-order chi connectivity index (χ0) is 13.8. The fraction of sp³-hybridized carbons (Fsp3) is 0.250. The summed E-state index contributed by atoms with van der Waals surface area (Å²) >= 11 is 0. The maximum atomic E-state index is 11.1. The van der Waals surface area contributed by atoms with Crippen molar-refractivity contribution in [3.63, 3.8) is 0 Å². The topological polar surface area (TPSA) is 83.8 Å². The Morgan fingerprint density at radius 1 is 1.33 bits per heavy atom. The Bertz CT molecular complexity index is 486. The van der Waals surface area contributed by atoms with Gasteiger partial charge in [0.15, 0.2) is 0 Å². The zero-order valence-electron chi connectivity index (χ0n) is 10.00. The lowest BCUT2D eigenvalue weighted by molar-refractivity contribution is -0.138. The van der Waals surface area contributed by atoms with E-state index in [0.29, 0.717) is 12.0 Å². The van der Waals surface area contributed by atoms with E-state index in [-0.39, 0.29) is 11.9 Å². The average Bonchev–Trinajstić information content (AvgIpc) is 2.28. The van der Waals surface area contributed by atoms with Crippen molar-refractivity contribution < 1.29 is 23.9 Å². The Morgan fingerprint density at radius 3 is 2.33 bits per heavy atom. The molecule has 0 aliphatic carbocycles. The van der Waals surface area contributed by atoms with Gasteiger partial charge in [0.25, 0.3) is 0 Å². The van der Waals surface area contributed by atoms with Gasteiger partial charge in [-0.15, -0.1) is 0 Å². The van der Waals surface area contributed by atoms with Crippen molar-refractivity contribution in [3.8, 4) is 0 Å². The monoisotopic (exact) mass is 270 g/mol. The third kappa shape index (κ3) is 4.45. The van der Waals surface area contributed by atoms with E-state index in [2.05, 4.69) is 6.58 Å². The SMILES string of the molecule is C=C(C)C(=O)OCCc1ccc(P(=O)(O)O)cc1. The van der Waals surface area contributed by atoms with Crippen molar-refractivity contribution in [3.05, 3.63) is 42.0 Å². The molecule has 1 aromatic carbocycles. The van der Waals surface area contributed by atoms with Crippen LogP contribution in [0.2, 0.25) is 0 Å². The van der Waals surface area contributed by atoms with Crippen molar-refractivity contribution >= 4 is 18.9 Å². The van der Waals surface area contributed by atoms with E-state index in [1.807, 2.05) is 0 Å². The summed E-state index contributed by atoms with van der Waals surface area (Å²) < 4.78 is 15.9. The van der Waals surface area contributed by atoms with Gasteiger partial charge in [-0.2, -0.15) is 0 Å². The molecule has 0 unspecified atom stereocenters. The van der Waals surface area contributed by atoms with E-state index in [9.17, 15) is 9.36 Å². The predicted octanol–water partition coefficient (Wildman–Crippen LogP) is 1.15. The van der Waals surface area contributed by atoms with Gasteiger partial charge in [0.1, 0.15) is 0 Å². The molecule has 0 atom stereocenters. The molecule has 98 valence electrons. The first-order valence-corrected chi connectivity index (χ1v) is 6.89. The minimum atomic E-state index is -4.19. The molecule has 5 nitrogen and oxygen atoms in total. The normalized spacial score (nSPS) is 11.1. The lowest BCUT2D eigenvalue weighted by atomic mass is 10.2. The molecule has 1 aromatic rings. The molecule has 1 rings (SSSR count). The van der Waals surface area contributed by atoms with Crippen LogP contribution >= 0.6 is 7.60 Å². The smallest absolute Gasteiger partial charge is 0.356 e. The fourth-order valence-corrected chi connectivity index (χ4v) is 1.78. The molecule has 0 spiro atoms. The van der Waals surface area contributed by atoms with E-state index >= 15 is 0 Å². The van der Waals surface area contributed by atoms with Crippen molar-refractivity contribution in [2.24, 2.45) is 0 Å². The Hall–Kier alpha value is -1.42. The standard InChI is InChI=1S/C12H15O5P/c1-9(2)12(13)17-8-7-10-3-5-11(6-4-10)18(14,15)16/h3-6H,1,7-8H2,2H3,(H2,14,15,16). The van der Waals surface area contributed by atoms with Crippen LogP contribution in [0.1, 0.15) is 12.5 Å². The van der Waals surface area contributed by atoms with Crippen LogP contribution in [0, 0.1) is 0 Å². The number of ether oxygens (including phenoxy) is 1. The van der Waals surface area contributed by atoms with Gasteiger partial charge in [-0.3, -0.25) is 4.57 Å². The van der Waals surface area contributed by atoms with Crippen molar-refractivity contribution in [2.45, 2.75) is 13.3 Å². The van der Waals surface area contributed by atoms with E-state index in [1.54, 1.807) is 19.1 Å². The van der Waals surface area contributed by atoms with Gasteiger partial charge in [-0.05, 0) is 24.6 Å². The number of carbonyl (C=O) groups is 1. The molecule has 0 fully saturated rings. The average molecular weight is 270 g/mol.